The summed E-state index contributed by atoms with van der Waals surface area (Å²) >= 11 is 0. The van der Waals surface area contributed by atoms with E-state index in [1.54, 1.807) is 29.2 Å². The Morgan fingerprint density at radius 1 is 1.06 bits per heavy atom. The highest BCUT2D eigenvalue weighted by atomic mass is 16.1. The third-order valence-corrected chi connectivity index (χ3v) is 6.36. The Morgan fingerprint density at radius 3 is 2.65 bits per heavy atom. The first-order valence-electron chi connectivity index (χ1n) is 10.9. The van der Waals surface area contributed by atoms with Gasteiger partial charge in [0.1, 0.15) is 11.9 Å². The normalized spacial score (nSPS) is 20.1. The van der Waals surface area contributed by atoms with Gasteiger partial charge in [-0.2, -0.15) is 10.4 Å². The molecule has 0 spiro atoms. The lowest BCUT2D eigenvalue weighted by Gasteiger charge is -2.30. The number of hydrogen-bond acceptors (Lipinski definition) is 6. The molecule has 0 saturated heterocycles. The Labute approximate surface area is 180 Å². The lowest BCUT2D eigenvalue weighted by atomic mass is 9.91. The maximum Gasteiger partial charge on any atom is 0.267 e. The molecule has 7 nitrogen and oxygen atoms in total. The second-order valence-electron chi connectivity index (χ2n) is 8.34. The van der Waals surface area contributed by atoms with Gasteiger partial charge >= 0.3 is 0 Å². The van der Waals surface area contributed by atoms with E-state index in [4.69, 9.17) is 4.98 Å². The van der Waals surface area contributed by atoms with Crippen LogP contribution in [0.1, 0.15) is 55.0 Å². The van der Waals surface area contributed by atoms with Gasteiger partial charge < -0.3 is 5.32 Å². The van der Waals surface area contributed by atoms with Crippen molar-refractivity contribution in [3.63, 3.8) is 0 Å². The minimum absolute atomic E-state index is 0.0683. The Balaban J connectivity index is 1.30. The Hall–Kier alpha value is -3.53. The molecule has 3 heterocycles. The largest absolute Gasteiger partial charge is 0.366 e. The molecular formula is C24H24N6O. The number of pyridine rings is 2. The standard InChI is InChI=1S/C24H24N6O/c25-15-18-14-17-2-1-3-21(17)28-24(18)27-19-4-6-20(7-5-19)30-23(31)9-8-22(29-30)16-10-12-26-13-11-16/h8-14,19-20H,1-7H2,(H,27,28). The van der Waals surface area contributed by atoms with Crippen LogP contribution < -0.4 is 10.9 Å². The molecule has 7 heteroatoms. The molecule has 1 fully saturated rings. The second-order valence-corrected chi connectivity index (χ2v) is 8.34. The molecule has 2 aliphatic carbocycles. The molecule has 1 saturated carbocycles. The second kappa shape index (κ2) is 8.31. The van der Waals surface area contributed by atoms with Gasteiger partial charge in [-0.15, -0.1) is 0 Å². The van der Waals surface area contributed by atoms with E-state index in [0.717, 1.165) is 61.9 Å². The highest BCUT2D eigenvalue weighted by molar-refractivity contribution is 5.57. The zero-order valence-corrected chi connectivity index (χ0v) is 17.3. The van der Waals surface area contributed by atoms with Gasteiger partial charge in [0.05, 0.1) is 17.3 Å². The van der Waals surface area contributed by atoms with Crippen molar-refractivity contribution in [3.05, 3.63) is 69.9 Å². The molecule has 3 aromatic heterocycles. The highest BCUT2D eigenvalue weighted by Gasteiger charge is 2.25. The topological polar surface area (TPSA) is 96.5 Å². The van der Waals surface area contributed by atoms with Crippen LogP contribution in [0.25, 0.3) is 11.3 Å². The summed E-state index contributed by atoms with van der Waals surface area (Å²) in [5.74, 6) is 0.710. The summed E-state index contributed by atoms with van der Waals surface area (Å²) < 4.78 is 1.64. The maximum atomic E-state index is 12.5. The molecule has 0 bridgehead atoms. The molecule has 2 aliphatic rings. The molecular weight excluding hydrogens is 388 g/mol. The molecule has 0 radical (unpaired) electrons. The van der Waals surface area contributed by atoms with Crippen molar-refractivity contribution in [1.29, 1.82) is 5.26 Å². The predicted octanol–water partition coefficient (Wildman–Crippen LogP) is 3.66. The molecule has 0 aliphatic heterocycles. The summed E-state index contributed by atoms with van der Waals surface area (Å²) in [6.45, 7) is 0. The van der Waals surface area contributed by atoms with Crippen LogP contribution in [0.3, 0.4) is 0 Å². The van der Waals surface area contributed by atoms with E-state index in [2.05, 4.69) is 21.5 Å². The number of nitrogens with zero attached hydrogens (tertiary/aromatic N) is 5. The average Bonchev–Trinajstić information content (AvgIpc) is 3.27. The molecule has 0 atom stereocenters. The maximum absolute atomic E-state index is 12.5. The van der Waals surface area contributed by atoms with Crippen molar-refractivity contribution in [2.24, 2.45) is 0 Å². The van der Waals surface area contributed by atoms with Crippen LogP contribution in [0.15, 0.2) is 47.5 Å². The van der Waals surface area contributed by atoms with Crippen LogP contribution in [0.2, 0.25) is 0 Å². The molecule has 0 aromatic carbocycles. The van der Waals surface area contributed by atoms with Gasteiger partial charge in [0.25, 0.3) is 5.56 Å². The summed E-state index contributed by atoms with van der Waals surface area (Å²) in [7, 11) is 0. The Bertz CT molecular complexity index is 1190. The van der Waals surface area contributed by atoms with Crippen molar-refractivity contribution in [2.75, 3.05) is 5.32 Å². The van der Waals surface area contributed by atoms with E-state index in [1.165, 1.54) is 5.56 Å². The summed E-state index contributed by atoms with van der Waals surface area (Å²) in [5, 5.41) is 17.7. The number of nitriles is 1. The van der Waals surface area contributed by atoms with Gasteiger partial charge in [-0.1, -0.05) is 0 Å². The fourth-order valence-corrected chi connectivity index (χ4v) is 4.69. The van der Waals surface area contributed by atoms with Gasteiger partial charge in [-0.3, -0.25) is 9.78 Å². The fourth-order valence-electron chi connectivity index (χ4n) is 4.69. The number of nitrogens with one attached hydrogen (secondary N) is 1. The Morgan fingerprint density at radius 2 is 1.87 bits per heavy atom. The van der Waals surface area contributed by atoms with Gasteiger partial charge in [0, 0.05) is 35.8 Å². The summed E-state index contributed by atoms with van der Waals surface area (Å²) in [6.07, 6.45) is 10.1. The first kappa shape index (κ1) is 19.4. The third-order valence-electron chi connectivity index (χ3n) is 6.36. The van der Waals surface area contributed by atoms with Crippen molar-refractivity contribution in [1.82, 2.24) is 19.7 Å². The number of fused-ring (bicyclic) bond motifs is 1. The SMILES string of the molecule is N#Cc1cc2c(nc1NC1CCC(n3nc(-c4ccncc4)ccc3=O)CC1)CCC2. The van der Waals surface area contributed by atoms with E-state index >= 15 is 0 Å². The molecule has 1 N–H and O–H groups in total. The number of aromatic nitrogens is 4. The number of hydrogen-bond donors (Lipinski definition) is 1. The van der Waals surface area contributed by atoms with E-state index in [9.17, 15) is 10.1 Å². The van der Waals surface area contributed by atoms with Crippen LogP contribution in [0.5, 0.6) is 0 Å². The van der Waals surface area contributed by atoms with E-state index in [-0.39, 0.29) is 17.6 Å². The van der Waals surface area contributed by atoms with E-state index in [1.807, 2.05) is 18.2 Å². The monoisotopic (exact) mass is 412 g/mol. The van der Waals surface area contributed by atoms with Crippen molar-refractivity contribution in [3.8, 4) is 17.3 Å². The molecule has 3 aromatic rings. The lowest BCUT2D eigenvalue weighted by molar-refractivity contribution is 0.304. The minimum Gasteiger partial charge on any atom is -0.366 e. The third kappa shape index (κ3) is 3.93. The van der Waals surface area contributed by atoms with E-state index in [0.29, 0.717) is 11.4 Å². The number of rotatable bonds is 4. The molecule has 0 unspecified atom stereocenters. The number of anilines is 1. The van der Waals surface area contributed by atoms with Crippen LogP contribution in [0.4, 0.5) is 5.82 Å². The molecule has 156 valence electrons. The smallest absolute Gasteiger partial charge is 0.267 e. The van der Waals surface area contributed by atoms with Crippen LogP contribution in [-0.4, -0.2) is 25.8 Å². The fraction of sp³-hybridized carbons (Fsp3) is 0.375. The van der Waals surface area contributed by atoms with Crippen LogP contribution >= 0.6 is 0 Å². The van der Waals surface area contributed by atoms with Gasteiger partial charge in [-0.05, 0) is 74.8 Å². The van der Waals surface area contributed by atoms with Gasteiger partial charge in [-0.25, -0.2) is 9.67 Å². The predicted molar refractivity (Wildman–Crippen MR) is 118 cm³/mol. The molecule has 0 amide bonds. The van der Waals surface area contributed by atoms with Gasteiger partial charge in [0.2, 0.25) is 0 Å². The lowest BCUT2D eigenvalue weighted by Crippen LogP contribution is -2.33. The molecule has 5 rings (SSSR count). The summed E-state index contributed by atoms with van der Waals surface area (Å²) in [4.78, 5) is 21.3. The van der Waals surface area contributed by atoms with E-state index < -0.39 is 0 Å². The first-order valence-corrected chi connectivity index (χ1v) is 10.9. The average molecular weight is 412 g/mol. The number of aryl methyl sites for hydroxylation is 2. The quantitative estimate of drug-likeness (QED) is 0.702. The van der Waals surface area contributed by atoms with Crippen molar-refractivity contribution >= 4 is 5.82 Å². The molecule has 31 heavy (non-hydrogen) atoms. The zero-order valence-electron chi connectivity index (χ0n) is 17.3. The van der Waals surface area contributed by atoms with Crippen molar-refractivity contribution in [2.45, 2.75) is 57.0 Å². The van der Waals surface area contributed by atoms with Gasteiger partial charge in [0.15, 0.2) is 0 Å². The Kier molecular flexibility index (Phi) is 5.21. The zero-order chi connectivity index (χ0) is 21.2. The minimum atomic E-state index is -0.0683. The highest BCUT2D eigenvalue weighted by Crippen LogP contribution is 2.31. The summed E-state index contributed by atoms with van der Waals surface area (Å²) in [5.41, 5.74) is 4.63. The van der Waals surface area contributed by atoms with Crippen LogP contribution in [0, 0.1) is 11.3 Å². The van der Waals surface area contributed by atoms with Crippen molar-refractivity contribution < 1.29 is 0 Å². The first-order chi connectivity index (χ1) is 15.2. The van der Waals surface area contributed by atoms with Crippen LogP contribution in [-0.2, 0) is 12.8 Å². The summed E-state index contributed by atoms with van der Waals surface area (Å²) in [6, 6.07) is 11.8.